The van der Waals surface area contributed by atoms with E-state index in [2.05, 4.69) is 16.0 Å². The number of carbonyl (C=O) groups excluding carboxylic acids is 1. The van der Waals surface area contributed by atoms with E-state index < -0.39 is 0 Å². The second-order valence-electron chi connectivity index (χ2n) is 7.40. The molecule has 0 N–H and O–H groups in total. The maximum Gasteiger partial charge on any atom is 0.305 e. The molecule has 0 atom stereocenters. The number of carbonyl (C=O) groups is 1. The van der Waals surface area contributed by atoms with Crippen molar-refractivity contribution in [3.05, 3.63) is 23.9 Å². The molecule has 0 unspecified atom stereocenters. The Morgan fingerprint density at radius 1 is 1.20 bits per heavy atom. The molecule has 0 radical (unpaired) electrons. The van der Waals surface area contributed by atoms with E-state index in [1.807, 2.05) is 12.1 Å². The molecule has 1 aliphatic carbocycles. The minimum absolute atomic E-state index is 0.0633. The number of hydrogen-bond donors (Lipinski definition) is 0. The van der Waals surface area contributed by atoms with Crippen molar-refractivity contribution in [3.8, 4) is 6.07 Å². The number of anilines is 1. The lowest BCUT2D eigenvalue weighted by atomic mass is 9.72. The summed E-state index contributed by atoms with van der Waals surface area (Å²) in [5.74, 6) is 3.05. The molecule has 2 aliphatic rings. The van der Waals surface area contributed by atoms with Gasteiger partial charge >= 0.3 is 5.97 Å². The highest BCUT2D eigenvalue weighted by Gasteiger charge is 2.31. The SMILES string of the molecule is COC(=O)C[C@H]1CC[C@@H](C2CCN(c3ccc(C#N)cn3)CC2)CC1. The molecule has 1 saturated heterocycles. The molecule has 1 saturated carbocycles. The quantitative estimate of drug-likeness (QED) is 0.784. The Bertz CT molecular complexity index is 607. The van der Waals surface area contributed by atoms with Crippen LogP contribution in [0.2, 0.25) is 0 Å². The minimum Gasteiger partial charge on any atom is -0.469 e. The lowest BCUT2D eigenvalue weighted by Crippen LogP contribution is -2.37. The van der Waals surface area contributed by atoms with Crippen molar-refractivity contribution in [3.63, 3.8) is 0 Å². The molecule has 1 aromatic heterocycles. The smallest absolute Gasteiger partial charge is 0.305 e. The predicted octanol–water partition coefficient (Wildman–Crippen LogP) is 3.54. The number of pyridine rings is 1. The average molecular weight is 341 g/mol. The number of ether oxygens (including phenoxy) is 1. The number of nitrogens with zero attached hydrogens (tertiary/aromatic N) is 3. The Hall–Kier alpha value is -2.09. The standard InChI is InChI=1S/C20H27N3O2/c1-25-20(24)12-15-2-5-17(6-3-15)18-8-10-23(11-9-18)19-7-4-16(13-21)14-22-19/h4,7,14-15,17-18H,2-3,5-6,8-12H2,1H3/t15-,17+. The van der Waals surface area contributed by atoms with Gasteiger partial charge in [-0.05, 0) is 68.4 Å². The topological polar surface area (TPSA) is 66.2 Å². The lowest BCUT2D eigenvalue weighted by Gasteiger charge is -2.39. The normalized spacial score (nSPS) is 24.6. The van der Waals surface area contributed by atoms with Crippen LogP contribution in [0.1, 0.15) is 50.5 Å². The van der Waals surface area contributed by atoms with Crippen LogP contribution in [0.15, 0.2) is 18.3 Å². The number of esters is 1. The van der Waals surface area contributed by atoms with Crippen LogP contribution in [0.5, 0.6) is 0 Å². The van der Waals surface area contributed by atoms with E-state index >= 15 is 0 Å². The molecule has 134 valence electrons. The molecule has 2 heterocycles. The maximum atomic E-state index is 11.4. The highest BCUT2D eigenvalue weighted by Crippen LogP contribution is 2.39. The third kappa shape index (κ3) is 4.50. The van der Waals surface area contributed by atoms with Crippen molar-refractivity contribution in [2.45, 2.75) is 44.9 Å². The summed E-state index contributed by atoms with van der Waals surface area (Å²) in [7, 11) is 1.48. The zero-order valence-electron chi connectivity index (χ0n) is 15.0. The Kier molecular flexibility index (Phi) is 5.91. The molecule has 0 spiro atoms. The van der Waals surface area contributed by atoms with Crippen LogP contribution in [0.25, 0.3) is 0 Å². The van der Waals surface area contributed by atoms with E-state index in [0.717, 1.165) is 43.6 Å². The fraction of sp³-hybridized carbons (Fsp3) is 0.650. The van der Waals surface area contributed by atoms with Gasteiger partial charge in [0.15, 0.2) is 0 Å². The summed E-state index contributed by atoms with van der Waals surface area (Å²) in [5.41, 5.74) is 0.613. The number of rotatable bonds is 4. The van der Waals surface area contributed by atoms with Crippen molar-refractivity contribution >= 4 is 11.8 Å². The van der Waals surface area contributed by atoms with Crippen LogP contribution in [0.4, 0.5) is 5.82 Å². The van der Waals surface area contributed by atoms with Crippen LogP contribution in [-0.4, -0.2) is 31.2 Å². The molecule has 0 amide bonds. The zero-order chi connectivity index (χ0) is 17.6. The van der Waals surface area contributed by atoms with Gasteiger partial charge in [-0.2, -0.15) is 5.26 Å². The molecule has 3 rings (SSSR count). The molecular weight excluding hydrogens is 314 g/mol. The van der Waals surface area contributed by atoms with E-state index in [1.165, 1.54) is 32.8 Å². The van der Waals surface area contributed by atoms with Gasteiger partial charge in [-0.15, -0.1) is 0 Å². The van der Waals surface area contributed by atoms with E-state index in [0.29, 0.717) is 17.9 Å². The molecule has 25 heavy (non-hydrogen) atoms. The number of methoxy groups -OCH3 is 1. The van der Waals surface area contributed by atoms with Crippen LogP contribution in [-0.2, 0) is 9.53 Å². The van der Waals surface area contributed by atoms with Crippen LogP contribution >= 0.6 is 0 Å². The summed E-state index contributed by atoms with van der Waals surface area (Å²) in [4.78, 5) is 18.2. The van der Waals surface area contributed by atoms with Gasteiger partial charge in [-0.3, -0.25) is 4.79 Å². The van der Waals surface area contributed by atoms with Gasteiger partial charge in [0.05, 0.1) is 12.7 Å². The van der Waals surface area contributed by atoms with Crippen LogP contribution in [0, 0.1) is 29.1 Å². The van der Waals surface area contributed by atoms with E-state index in [4.69, 9.17) is 10.00 Å². The fourth-order valence-corrected chi connectivity index (χ4v) is 4.42. The Morgan fingerprint density at radius 2 is 1.88 bits per heavy atom. The first-order valence-corrected chi connectivity index (χ1v) is 9.37. The van der Waals surface area contributed by atoms with Gasteiger partial charge in [-0.25, -0.2) is 4.98 Å². The molecule has 0 bridgehead atoms. The average Bonchev–Trinajstić information content (AvgIpc) is 2.69. The fourth-order valence-electron chi connectivity index (χ4n) is 4.42. The summed E-state index contributed by atoms with van der Waals surface area (Å²) in [5, 5.41) is 8.87. The first-order valence-electron chi connectivity index (χ1n) is 9.37. The summed E-state index contributed by atoms with van der Waals surface area (Å²) >= 11 is 0. The summed E-state index contributed by atoms with van der Waals surface area (Å²) in [6.45, 7) is 2.09. The molecule has 0 aromatic carbocycles. The predicted molar refractivity (Wildman–Crippen MR) is 96.0 cm³/mol. The van der Waals surface area contributed by atoms with Crippen LogP contribution in [0.3, 0.4) is 0 Å². The van der Waals surface area contributed by atoms with Gasteiger partial charge in [0, 0.05) is 25.7 Å². The molecule has 5 nitrogen and oxygen atoms in total. The molecule has 2 fully saturated rings. The Morgan fingerprint density at radius 3 is 2.44 bits per heavy atom. The number of aromatic nitrogens is 1. The van der Waals surface area contributed by atoms with Crippen molar-refractivity contribution < 1.29 is 9.53 Å². The second kappa shape index (κ2) is 8.33. The monoisotopic (exact) mass is 341 g/mol. The lowest BCUT2D eigenvalue weighted by molar-refractivity contribution is -0.142. The van der Waals surface area contributed by atoms with Gasteiger partial charge < -0.3 is 9.64 Å². The Labute approximate surface area is 150 Å². The largest absolute Gasteiger partial charge is 0.469 e. The first-order chi connectivity index (χ1) is 12.2. The zero-order valence-corrected chi connectivity index (χ0v) is 15.0. The van der Waals surface area contributed by atoms with E-state index in [9.17, 15) is 4.79 Å². The van der Waals surface area contributed by atoms with Gasteiger partial charge in [0.1, 0.15) is 11.9 Å². The number of nitriles is 1. The summed E-state index contributed by atoms with van der Waals surface area (Å²) in [6.07, 6.45) is 9.51. The maximum absolute atomic E-state index is 11.4. The van der Waals surface area contributed by atoms with Gasteiger partial charge in [-0.1, -0.05) is 0 Å². The van der Waals surface area contributed by atoms with Gasteiger partial charge in [0.2, 0.25) is 0 Å². The van der Waals surface area contributed by atoms with Crippen LogP contribution < -0.4 is 4.90 Å². The van der Waals surface area contributed by atoms with Crippen molar-refractivity contribution in [1.82, 2.24) is 4.98 Å². The molecule has 1 aromatic rings. The third-order valence-corrected chi connectivity index (χ3v) is 5.98. The van der Waals surface area contributed by atoms with E-state index in [1.54, 1.807) is 6.20 Å². The first kappa shape index (κ1) is 17.7. The van der Waals surface area contributed by atoms with Crippen molar-refractivity contribution in [1.29, 1.82) is 5.26 Å². The minimum atomic E-state index is -0.0633. The highest BCUT2D eigenvalue weighted by atomic mass is 16.5. The second-order valence-corrected chi connectivity index (χ2v) is 7.40. The highest BCUT2D eigenvalue weighted by molar-refractivity contribution is 5.69. The van der Waals surface area contributed by atoms with Crippen molar-refractivity contribution in [2.24, 2.45) is 17.8 Å². The third-order valence-electron chi connectivity index (χ3n) is 5.98. The number of hydrogen-bond acceptors (Lipinski definition) is 5. The van der Waals surface area contributed by atoms with E-state index in [-0.39, 0.29) is 5.97 Å². The molecule has 5 heteroatoms. The molecule has 1 aliphatic heterocycles. The Balaban J connectivity index is 1.45. The van der Waals surface area contributed by atoms with Gasteiger partial charge in [0.25, 0.3) is 0 Å². The van der Waals surface area contributed by atoms with Crippen molar-refractivity contribution in [2.75, 3.05) is 25.1 Å². The number of piperidine rings is 1. The summed E-state index contributed by atoms with van der Waals surface area (Å²) < 4.78 is 4.80. The molecular formula is C20H27N3O2. The summed E-state index contributed by atoms with van der Waals surface area (Å²) in [6, 6.07) is 5.92.